The summed E-state index contributed by atoms with van der Waals surface area (Å²) in [5.74, 6) is -0.720. The van der Waals surface area contributed by atoms with E-state index in [1.807, 2.05) is 0 Å². The molecule has 1 aliphatic rings. The molecule has 1 saturated heterocycles. The Kier molecular flexibility index (Phi) is 30.7. The lowest BCUT2D eigenvalue weighted by Gasteiger charge is -2.40. The SMILES string of the molecule is CCCC/C=C\CCCCCCC(O)C(=O)NC(COC1OC(CO)C(O)C(O)C1O)C(O)C(O)CCC/C=C/CCCCCCCCCCCCC. The van der Waals surface area contributed by atoms with Crippen LogP contribution in [0.15, 0.2) is 24.3 Å². The molecule has 1 amide bonds. The standard InChI is InChI=1S/C42H79NO10/c1-3-5-7-9-11-13-15-16-17-18-19-20-22-23-25-27-29-34(45)37(47)33(32-52-42-40(50)39(49)38(48)36(31-44)53-42)43-41(51)35(46)30-28-26-24-21-14-12-10-8-6-4-2/h10,12,22-23,33-40,42,44-50H,3-9,11,13-21,24-32H2,1-2H3,(H,43,51)/b12-10-,23-22+. The average molecular weight is 758 g/mol. The number of carbonyl (C=O) groups is 1. The van der Waals surface area contributed by atoms with Gasteiger partial charge in [0.1, 0.15) is 36.6 Å². The third kappa shape index (κ3) is 23.3. The molecule has 0 bridgehead atoms. The van der Waals surface area contributed by atoms with Crippen molar-refractivity contribution in [2.45, 2.75) is 223 Å². The van der Waals surface area contributed by atoms with E-state index in [1.165, 1.54) is 77.0 Å². The van der Waals surface area contributed by atoms with Gasteiger partial charge in [0, 0.05) is 0 Å². The van der Waals surface area contributed by atoms with E-state index in [9.17, 15) is 40.5 Å². The van der Waals surface area contributed by atoms with Gasteiger partial charge in [0.15, 0.2) is 6.29 Å². The van der Waals surface area contributed by atoms with Crippen LogP contribution in [0.4, 0.5) is 0 Å². The van der Waals surface area contributed by atoms with Crippen molar-refractivity contribution in [2.24, 2.45) is 0 Å². The smallest absolute Gasteiger partial charge is 0.249 e. The fourth-order valence-electron chi connectivity index (χ4n) is 6.60. The summed E-state index contributed by atoms with van der Waals surface area (Å²) in [6.07, 6.45) is 22.4. The van der Waals surface area contributed by atoms with Gasteiger partial charge in [0.2, 0.25) is 5.91 Å². The van der Waals surface area contributed by atoms with Gasteiger partial charge in [-0.05, 0) is 57.8 Å². The van der Waals surface area contributed by atoms with Crippen LogP contribution in [0.2, 0.25) is 0 Å². The van der Waals surface area contributed by atoms with Crippen LogP contribution in [-0.4, -0.2) is 110 Å². The molecule has 0 saturated carbocycles. The van der Waals surface area contributed by atoms with Gasteiger partial charge in [-0.2, -0.15) is 0 Å². The summed E-state index contributed by atoms with van der Waals surface area (Å²) < 4.78 is 11.0. The Bertz CT molecular complexity index is 918. The number of hydrogen-bond acceptors (Lipinski definition) is 10. The minimum atomic E-state index is -1.67. The van der Waals surface area contributed by atoms with Crippen molar-refractivity contribution in [3.63, 3.8) is 0 Å². The molecular formula is C42H79NO10. The van der Waals surface area contributed by atoms with Crippen molar-refractivity contribution in [1.82, 2.24) is 5.32 Å². The van der Waals surface area contributed by atoms with E-state index < -0.39 is 74.2 Å². The zero-order chi connectivity index (χ0) is 39.1. The zero-order valence-electron chi connectivity index (χ0n) is 33.2. The molecule has 1 aliphatic heterocycles. The van der Waals surface area contributed by atoms with E-state index in [0.717, 1.165) is 51.4 Å². The topological polar surface area (TPSA) is 189 Å². The lowest BCUT2D eigenvalue weighted by Crippen LogP contribution is -2.60. The fourth-order valence-corrected chi connectivity index (χ4v) is 6.60. The first kappa shape index (κ1) is 49.6. The molecule has 9 unspecified atom stereocenters. The second kappa shape index (κ2) is 32.8. The van der Waals surface area contributed by atoms with Crippen LogP contribution in [0.3, 0.4) is 0 Å². The van der Waals surface area contributed by atoms with Gasteiger partial charge in [-0.25, -0.2) is 0 Å². The Morgan fingerprint density at radius 1 is 0.642 bits per heavy atom. The molecule has 0 aliphatic carbocycles. The molecular weight excluding hydrogens is 678 g/mol. The zero-order valence-corrected chi connectivity index (χ0v) is 33.2. The van der Waals surface area contributed by atoms with Crippen molar-refractivity contribution in [3.05, 3.63) is 24.3 Å². The monoisotopic (exact) mass is 758 g/mol. The van der Waals surface area contributed by atoms with E-state index in [0.29, 0.717) is 12.8 Å². The van der Waals surface area contributed by atoms with Crippen molar-refractivity contribution >= 4 is 5.91 Å². The highest BCUT2D eigenvalue weighted by Gasteiger charge is 2.44. The van der Waals surface area contributed by atoms with Gasteiger partial charge in [-0.1, -0.05) is 134 Å². The predicted octanol–water partition coefficient (Wildman–Crippen LogP) is 5.89. The molecule has 11 nitrogen and oxygen atoms in total. The number of hydrogen-bond donors (Lipinski definition) is 8. The molecule has 0 spiro atoms. The second-order valence-corrected chi connectivity index (χ2v) is 15.1. The number of ether oxygens (including phenoxy) is 2. The van der Waals surface area contributed by atoms with Crippen LogP contribution >= 0.6 is 0 Å². The molecule has 1 rings (SSSR count). The van der Waals surface area contributed by atoms with Crippen molar-refractivity contribution < 1.29 is 50.0 Å². The first-order chi connectivity index (χ1) is 25.7. The highest BCUT2D eigenvalue weighted by Crippen LogP contribution is 2.23. The lowest BCUT2D eigenvalue weighted by atomic mass is 9.98. The van der Waals surface area contributed by atoms with Gasteiger partial charge in [0.05, 0.1) is 25.4 Å². The molecule has 0 aromatic rings. The highest BCUT2D eigenvalue weighted by molar-refractivity contribution is 5.80. The molecule has 1 fully saturated rings. The first-order valence-corrected chi connectivity index (χ1v) is 21.2. The maximum Gasteiger partial charge on any atom is 0.249 e. The molecule has 312 valence electrons. The third-order valence-corrected chi connectivity index (χ3v) is 10.2. The number of unbranched alkanes of at least 4 members (excludes halogenated alkanes) is 18. The molecule has 53 heavy (non-hydrogen) atoms. The normalized spacial score (nSPS) is 23.1. The van der Waals surface area contributed by atoms with Crippen LogP contribution in [-0.2, 0) is 14.3 Å². The third-order valence-electron chi connectivity index (χ3n) is 10.2. The molecule has 0 aromatic carbocycles. The Hall–Kier alpha value is -1.41. The summed E-state index contributed by atoms with van der Waals surface area (Å²) in [4.78, 5) is 13.0. The van der Waals surface area contributed by atoms with E-state index in [4.69, 9.17) is 9.47 Å². The maximum atomic E-state index is 13.0. The van der Waals surface area contributed by atoms with Gasteiger partial charge < -0.3 is 50.5 Å². The van der Waals surface area contributed by atoms with Crippen LogP contribution in [0.1, 0.15) is 168 Å². The summed E-state index contributed by atoms with van der Waals surface area (Å²) in [5, 5.41) is 75.3. The Labute approximate surface area is 321 Å². The quantitative estimate of drug-likeness (QED) is 0.0291. The number of carbonyl (C=O) groups excluding carboxylic acids is 1. The summed E-state index contributed by atoms with van der Waals surface area (Å²) >= 11 is 0. The Balaban J connectivity index is 2.53. The lowest BCUT2D eigenvalue weighted by molar-refractivity contribution is -0.303. The number of aliphatic hydroxyl groups excluding tert-OH is 7. The van der Waals surface area contributed by atoms with E-state index in [-0.39, 0.29) is 12.8 Å². The molecule has 0 radical (unpaired) electrons. The summed E-state index contributed by atoms with van der Waals surface area (Å²) in [6.45, 7) is 3.34. The van der Waals surface area contributed by atoms with E-state index >= 15 is 0 Å². The summed E-state index contributed by atoms with van der Waals surface area (Å²) in [5.41, 5.74) is 0. The predicted molar refractivity (Wildman–Crippen MR) is 210 cm³/mol. The number of rotatable bonds is 34. The van der Waals surface area contributed by atoms with Gasteiger partial charge >= 0.3 is 0 Å². The summed E-state index contributed by atoms with van der Waals surface area (Å²) in [7, 11) is 0. The molecule has 1 heterocycles. The Morgan fingerprint density at radius 3 is 1.68 bits per heavy atom. The summed E-state index contributed by atoms with van der Waals surface area (Å²) in [6, 6.07) is -1.18. The largest absolute Gasteiger partial charge is 0.394 e. The number of allylic oxidation sites excluding steroid dienone is 4. The van der Waals surface area contributed by atoms with Crippen LogP contribution < -0.4 is 5.32 Å². The Morgan fingerprint density at radius 2 is 1.13 bits per heavy atom. The molecule has 8 N–H and O–H groups in total. The number of nitrogens with one attached hydrogen (secondary N) is 1. The van der Waals surface area contributed by atoms with E-state index in [1.54, 1.807) is 0 Å². The van der Waals surface area contributed by atoms with Gasteiger partial charge in [-0.3, -0.25) is 4.79 Å². The van der Waals surface area contributed by atoms with Crippen LogP contribution in [0.5, 0.6) is 0 Å². The molecule has 0 aromatic heterocycles. The van der Waals surface area contributed by atoms with Crippen molar-refractivity contribution in [1.29, 1.82) is 0 Å². The average Bonchev–Trinajstić information content (AvgIpc) is 3.16. The van der Waals surface area contributed by atoms with Gasteiger partial charge in [-0.15, -0.1) is 0 Å². The minimum Gasteiger partial charge on any atom is -0.394 e. The van der Waals surface area contributed by atoms with Crippen molar-refractivity contribution in [2.75, 3.05) is 13.2 Å². The number of amides is 1. The van der Waals surface area contributed by atoms with E-state index in [2.05, 4.69) is 43.5 Å². The minimum absolute atomic E-state index is 0.239. The highest BCUT2D eigenvalue weighted by atomic mass is 16.7. The molecule has 11 heteroatoms. The second-order valence-electron chi connectivity index (χ2n) is 15.1. The number of aliphatic hydroxyl groups is 7. The van der Waals surface area contributed by atoms with Crippen LogP contribution in [0, 0.1) is 0 Å². The van der Waals surface area contributed by atoms with Crippen LogP contribution in [0.25, 0.3) is 0 Å². The van der Waals surface area contributed by atoms with Crippen molar-refractivity contribution in [3.8, 4) is 0 Å². The van der Waals surface area contributed by atoms with Gasteiger partial charge in [0.25, 0.3) is 0 Å². The molecule has 9 atom stereocenters. The maximum absolute atomic E-state index is 13.0. The first-order valence-electron chi connectivity index (χ1n) is 21.2. The fraction of sp³-hybridized carbons (Fsp3) is 0.881.